The zero-order chi connectivity index (χ0) is 9.26. The molecule has 0 aliphatic carbocycles. The number of pyridine rings is 1. The highest BCUT2D eigenvalue weighted by molar-refractivity contribution is 6.30. The van der Waals surface area contributed by atoms with Gasteiger partial charge in [-0.25, -0.2) is 4.98 Å². The van der Waals surface area contributed by atoms with Gasteiger partial charge >= 0.3 is 0 Å². The molecule has 1 aliphatic rings. The van der Waals surface area contributed by atoms with Crippen molar-refractivity contribution in [3.05, 3.63) is 29.0 Å². The van der Waals surface area contributed by atoms with E-state index < -0.39 is 0 Å². The molecule has 3 heteroatoms. The maximum absolute atomic E-state index is 6.03. The van der Waals surface area contributed by atoms with E-state index in [1.54, 1.807) is 6.20 Å². The predicted molar refractivity (Wildman–Crippen MR) is 53.9 cm³/mol. The van der Waals surface area contributed by atoms with Crippen LogP contribution in [-0.4, -0.2) is 23.5 Å². The van der Waals surface area contributed by atoms with Gasteiger partial charge in [0.1, 0.15) is 5.15 Å². The molecule has 0 amide bonds. The molecule has 1 atom stereocenters. The van der Waals surface area contributed by atoms with Crippen molar-refractivity contribution < 1.29 is 0 Å². The fourth-order valence-corrected chi connectivity index (χ4v) is 2.20. The van der Waals surface area contributed by atoms with E-state index in [0.29, 0.717) is 11.2 Å². The van der Waals surface area contributed by atoms with Crippen molar-refractivity contribution >= 4 is 11.6 Å². The summed E-state index contributed by atoms with van der Waals surface area (Å²) in [6.45, 7) is 1.16. The summed E-state index contributed by atoms with van der Waals surface area (Å²) >= 11 is 6.03. The maximum Gasteiger partial charge on any atom is 0.133 e. The third-order valence-corrected chi connectivity index (χ3v) is 2.98. The number of aromatic nitrogens is 1. The molecule has 1 saturated heterocycles. The van der Waals surface area contributed by atoms with Gasteiger partial charge in [-0.3, -0.25) is 4.90 Å². The fourth-order valence-electron chi connectivity index (χ4n) is 1.95. The first-order valence-corrected chi connectivity index (χ1v) is 4.97. The molecule has 1 aliphatic heterocycles. The lowest BCUT2D eigenvalue weighted by Gasteiger charge is -2.19. The van der Waals surface area contributed by atoms with Gasteiger partial charge < -0.3 is 0 Å². The number of hydrogen-bond donors (Lipinski definition) is 0. The van der Waals surface area contributed by atoms with E-state index >= 15 is 0 Å². The molecule has 0 unspecified atom stereocenters. The summed E-state index contributed by atoms with van der Waals surface area (Å²) in [6, 6.07) is 4.50. The number of hydrogen-bond acceptors (Lipinski definition) is 2. The lowest BCUT2D eigenvalue weighted by molar-refractivity contribution is 0.317. The number of rotatable bonds is 1. The minimum Gasteiger partial charge on any atom is -0.299 e. The van der Waals surface area contributed by atoms with Crippen LogP contribution in [-0.2, 0) is 0 Å². The first-order chi connectivity index (χ1) is 6.29. The highest BCUT2D eigenvalue weighted by Crippen LogP contribution is 2.33. The second-order valence-corrected chi connectivity index (χ2v) is 3.88. The molecule has 0 aromatic carbocycles. The topological polar surface area (TPSA) is 16.1 Å². The monoisotopic (exact) mass is 196 g/mol. The van der Waals surface area contributed by atoms with Crippen molar-refractivity contribution in [3.63, 3.8) is 0 Å². The summed E-state index contributed by atoms with van der Waals surface area (Å²) < 4.78 is 0. The van der Waals surface area contributed by atoms with Crippen LogP contribution in [0, 0.1) is 0 Å². The molecule has 1 aromatic heterocycles. The molecule has 1 fully saturated rings. The highest BCUT2D eigenvalue weighted by Gasteiger charge is 2.24. The third-order valence-electron chi connectivity index (χ3n) is 2.67. The van der Waals surface area contributed by atoms with E-state index in [1.165, 1.54) is 18.4 Å². The second kappa shape index (κ2) is 3.64. The van der Waals surface area contributed by atoms with E-state index in [-0.39, 0.29) is 0 Å². The lowest BCUT2D eigenvalue weighted by atomic mass is 10.1. The number of likely N-dealkylation sites (tertiary alicyclic amines) is 1. The molecule has 0 bridgehead atoms. The normalized spacial score (nSPS) is 23.7. The molecule has 0 spiro atoms. The molecule has 2 nitrogen and oxygen atoms in total. The third kappa shape index (κ3) is 1.69. The Hall–Kier alpha value is -0.600. The minimum absolute atomic E-state index is 0.473. The Labute approximate surface area is 83.5 Å². The minimum atomic E-state index is 0.473. The first-order valence-electron chi connectivity index (χ1n) is 4.59. The van der Waals surface area contributed by atoms with Crippen molar-refractivity contribution in [2.24, 2.45) is 0 Å². The van der Waals surface area contributed by atoms with Gasteiger partial charge in [0, 0.05) is 17.8 Å². The van der Waals surface area contributed by atoms with Crippen molar-refractivity contribution in [2.45, 2.75) is 18.9 Å². The average molecular weight is 197 g/mol. The molecule has 0 radical (unpaired) electrons. The van der Waals surface area contributed by atoms with E-state index in [4.69, 9.17) is 11.6 Å². The first kappa shape index (κ1) is 8.97. The number of halogens is 1. The molecule has 70 valence electrons. The Morgan fingerprint density at radius 2 is 2.46 bits per heavy atom. The van der Waals surface area contributed by atoms with Crippen LogP contribution in [0.1, 0.15) is 24.4 Å². The van der Waals surface area contributed by atoms with Crippen molar-refractivity contribution in [2.75, 3.05) is 13.6 Å². The fraction of sp³-hybridized carbons (Fsp3) is 0.500. The van der Waals surface area contributed by atoms with Crippen molar-refractivity contribution in [1.82, 2.24) is 9.88 Å². The zero-order valence-electron chi connectivity index (χ0n) is 7.70. The predicted octanol–water partition coefficient (Wildman–Crippen LogP) is 2.50. The summed E-state index contributed by atoms with van der Waals surface area (Å²) in [5.41, 5.74) is 1.17. The van der Waals surface area contributed by atoms with E-state index in [9.17, 15) is 0 Å². The van der Waals surface area contributed by atoms with Gasteiger partial charge in [-0.2, -0.15) is 0 Å². The van der Waals surface area contributed by atoms with Gasteiger partial charge in [-0.1, -0.05) is 17.7 Å². The van der Waals surface area contributed by atoms with Crippen LogP contribution in [0.15, 0.2) is 18.3 Å². The van der Waals surface area contributed by atoms with Crippen LogP contribution in [0.5, 0.6) is 0 Å². The molecular weight excluding hydrogens is 184 g/mol. The Morgan fingerprint density at radius 1 is 1.62 bits per heavy atom. The second-order valence-electron chi connectivity index (χ2n) is 3.52. The van der Waals surface area contributed by atoms with Crippen molar-refractivity contribution in [3.8, 4) is 0 Å². The molecule has 2 rings (SSSR count). The van der Waals surface area contributed by atoms with Crippen LogP contribution in [0.4, 0.5) is 0 Å². The summed E-state index contributed by atoms with van der Waals surface area (Å²) in [4.78, 5) is 6.43. The van der Waals surface area contributed by atoms with Gasteiger partial charge in [0.15, 0.2) is 0 Å². The van der Waals surface area contributed by atoms with Gasteiger partial charge in [-0.15, -0.1) is 0 Å². The van der Waals surface area contributed by atoms with E-state index in [0.717, 1.165) is 6.54 Å². The summed E-state index contributed by atoms with van der Waals surface area (Å²) in [5.74, 6) is 0. The SMILES string of the molecule is CN1CCC[C@H]1c1cccnc1Cl. The summed E-state index contributed by atoms with van der Waals surface area (Å²) in [6.07, 6.45) is 4.19. The van der Waals surface area contributed by atoms with Crippen LogP contribution < -0.4 is 0 Å². The molecule has 1 aromatic rings. The smallest absolute Gasteiger partial charge is 0.133 e. The highest BCUT2D eigenvalue weighted by atomic mass is 35.5. The average Bonchev–Trinajstić information content (AvgIpc) is 2.52. The summed E-state index contributed by atoms with van der Waals surface area (Å²) in [5, 5.41) is 0.654. The quantitative estimate of drug-likeness (QED) is 0.642. The lowest BCUT2D eigenvalue weighted by Crippen LogP contribution is -2.17. The van der Waals surface area contributed by atoms with Gasteiger partial charge in [0.25, 0.3) is 0 Å². The standard InChI is InChI=1S/C10H13ClN2/c1-13-7-3-5-9(13)8-4-2-6-12-10(8)11/h2,4,6,9H,3,5,7H2,1H3/t9-/m0/s1. The summed E-state index contributed by atoms with van der Waals surface area (Å²) in [7, 11) is 2.14. The van der Waals surface area contributed by atoms with Crippen LogP contribution >= 0.6 is 11.6 Å². The van der Waals surface area contributed by atoms with E-state index in [2.05, 4.69) is 23.0 Å². The van der Waals surface area contributed by atoms with Gasteiger partial charge in [-0.05, 0) is 32.5 Å². The van der Waals surface area contributed by atoms with Crippen molar-refractivity contribution in [1.29, 1.82) is 0 Å². The Balaban J connectivity index is 2.29. The molecule has 13 heavy (non-hydrogen) atoms. The Bertz CT molecular complexity index is 301. The Morgan fingerprint density at radius 3 is 3.08 bits per heavy atom. The van der Waals surface area contributed by atoms with Gasteiger partial charge in [0.2, 0.25) is 0 Å². The van der Waals surface area contributed by atoms with Crippen LogP contribution in [0.2, 0.25) is 5.15 Å². The largest absolute Gasteiger partial charge is 0.299 e. The zero-order valence-corrected chi connectivity index (χ0v) is 8.46. The number of nitrogens with zero attached hydrogens (tertiary/aromatic N) is 2. The van der Waals surface area contributed by atoms with E-state index in [1.807, 2.05) is 6.07 Å². The maximum atomic E-state index is 6.03. The molecule has 2 heterocycles. The van der Waals surface area contributed by atoms with Crippen LogP contribution in [0.3, 0.4) is 0 Å². The molecule has 0 saturated carbocycles. The van der Waals surface area contributed by atoms with Gasteiger partial charge in [0.05, 0.1) is 0 Å². The molecule has 0 N–H and O–H groups in total. The van der Waals surface area contributed by atoms with Crippen LogP contribution in [0.25, 0.3) is 0 Å². The molecular formula is C10H13ClN2. The Kier molecular flexibility index (Phi) is 2.51.